The van der Waals surface area contributed by atoms with Gasteiger partial charge in [0.2, 0.25) is 5.91 Å². The number of likely N-dealkylation sites (tertiary alicyclic amines) is 1. The number of nitrogens with zero attached hydrogens (tertiary/aromatic N) is 2. The summed E-state index contributed by atoms with van der Waals surface area (Å²) in [6.07, 6.45) is 3.22. The zero-order valence-corrected chi connectivity index (χ0v) is 11.0. The summed E-state index contributed by atoms with van der Waals surface area (Å²) in [4.78, 5) is 24.8. The molecule has 0 radical (unpaired) electrons. The Balaban J connectivity index is 1.85. The van der Waals surface area contributed by atoms with Crippen LogP contribution in [0.4, 0.5) is 5.69 Å². The third-order valence-electron chi connectivity index (χ3n) is 3.42. The van der Waals surface area contributed by atoms with Crippen LogP contribution in [-0.4, -0.2) is 46.5 Å². The minimum absolute atomic E-state index is 0.0104. The van der Waals surface area contributed by atoms with Crippen LogP contribution in [0.5, 0.6) is 0 Å². The van der Waals surface area contributed by atoms with Gasteiger partial charge in [-0.25, -0.2) is 0 Å². The summed E-state index contributed by atoms with van der Waals surface area (Å²) in [6, 6.07) is 0. The summed E-state index contributed by atoms with van der Waals surface area (Å²) in [7, 11) is 0. The van der Waals surface area contributed by atoms with Gasteiger partial charge >= 0.3 is 0 Å². The van der Waals surface area contributed by atoms with E-state index >= 15 is 0 Å². The van der Waals surface area contributed by atoms with Gasteiger partial charge in [-0.2, -0.15) is 5.10 Å². The summed E-state index contributed by atoms with van der Waals surface area (Å²) in [6.45, 7) is 3.56. The Kier molecular flexibility index (Phi) is 4.03. The van der Waals surface area contributed by atoms with Crippen molar-refractivity contribution in [3.8, 4) is 0 Å². The Morgan fingerprint density at radius 1 is 1.53 bits per heavy atom. The maximum absolute atomic E-state index is 12.2. The highest BCUT2D eigenvalue weighted by molar-refractivity contribution is 5.97. The van der Waals surface area contributed by atoms with E-state index in [0.29, 0.717) is 36.9 Å². The number of rotatable bonds is 3. The molecule has 1 aliphatic rings. The molecule has 1 aromatic heterocycles. The first-order chi connectivity index (χ1) is 9.08. The molecule has 1 fully saturated rings. The van der Waals surface area contributed by atoms with Crippen LogP contribution in [0.2, 0.25) is 0 Å². The molecule has 4 N–H and O–H groups in total. The van der Waals surface area contributed by atoms with E-state index in [9.17, 15) is 9.59 Å². The standard InChI is InChI=1S/C12H19N5O2/c1-8(18)14-6-9-2-4-17(5-3-9)12(19)11-10(13)7-15-16-11/h7,9H,2-6,13H2,1H3,(H,14,18)(H,15,16). The number of nitrogens with one attached hydrogen (secondary N) is 2. The Bertz CT molecular complexity index is 462. The molecule has 2 heterocycles. The van der Waals surface area contributed by atoms with Crippen molar-refractivity contribution in [3.05, 3.63) is 11.9 Å². The summed E-state index contributed by atoms with van der Waals surface area (Å²) in [5.41, 5.74) is 6.41. The van der Waals surface area contributed by atoms with E-state index in [0.717, 1.165) is 12.8 Å². The van der Waals surface area contributed by atoms with Gasteiger partial charge in [-0.1, -0.05) is 0 Å². The third kappa shape index (κ3) is 3.24. The number of nitrogen functional groups attached to an aromatic ring is 1. The zero-order valence-electron chi connectivity index (χ0n) is 11.0. The number of H-pyrrole nitrogens is 1. The first kappa shape index (κ1) is 13.4. The second-order valence-corrected chi connectivity index (χ2v) is 4.87. The van der Waals surface area contributed by atoms with E-state index in [1.807, 2.05) is 0 Å². The summed E-state index contributed by atoms with van der Waals surface area (Å²) in [5.74, 6) is 0.323. The fraction of sp³-hybridized carbons (Fsp3) is 0.583. The zero-order chi connectivity index (χ0) is 13.8. The van der Waals surface area contributed by atoms with E-state index in [1.54, 1.807) is 4.90 Å². The minimum atomic E-state index is -0.104. The molecule has 0 aromatic carbocycles. The van der Waals surface area contributed by atoms with Gasteiger partial charge in [0.05, 0.1) is 11.9 Å². The minimum Gasteiger partial charge on any atom is -0.396 e. The van der Waals surface area contributed by atoms with Crippen molar-refractivity contribution in [3.63, 3.8) is 0 Å². The molecule has 2 rings (SSSR count). The Morgan fingerprint density at radius 2 is 2.21 bits per heavy atom. The molecule has 7 heteroatoms. The summed E-state index contributed by atoms with van der Waals surface area (Å²) in [5, 5.41) is 9.20. The molecule has 0 atom stereocenters. The number of anilines is 1. The first-order valence-corrected chi connectivity index (χ1v) is 6.40. The normalized spacial score (nSPS) is 16.4. The van der Waals surface area contributed by atoms with Crippen LogP contribution < -0.4 is 11.1 Å². The Hall–Kier alpha value is -2.05. The summed E-state index contributed by atoms with van der Waals surface area (Å²) >= 11 is 0. The smallest absolute Gasteiger partial charge is 0.274 e. The van der Waals surface area contributed by atoms with Gasteiger partial charge < -0.3 is 16.0 Å². The number of nitrogens with two attached hydrogens (primary N) is 1. The van der Waals surface area contributed by atoms with Crippen molar-refractivity contribution >= 4 is 17.5 Å². The highest BCUT2D eigenvalue weighted by Crippen LogP contribution is 2.19. The van der Waals surface area contributed by atoms with Crippen LogP contribution in [0.25, 0.3) is 0 Å². The largest absolute Gasteiger partial charge is 0.396 e. The van der Waals surface area contributed by atoms with Crippen molar-refractivity contribution in [1.29, 1.82) is 0 Å². The van der Waals surface area contributed by atoms with Crippen molar-refractivity contribution in [2.24, 2.45) is 5.92 Å². The molecule has 1 saturated heterocycles. The van der Waals surface area contributed by atoms with Crippen molar-refractivity contribution in [1.82, 2.24) is 20.4 Å². The first-order valence-electron chi connectivity index (χ1n) is 6.40. The van der Waals surface area contributed by atoms with Gasteiger partial charge in [0.15, 0.2) is 0 Å². The van der Waals surface area contributed by atoms with E-state index < -0.39 is 0 Å². The van der Waals surface area contributed by atoms with Gasteiger partial charge in [-0.15, -0.1) is 0 Å². The molecular formula is C12H19N5O2. The molecular weight excluding hydrogens is 246 g/mol. The number of amides is 2. The second-order valence-electron chi connectivity index (χ2n) is 4.87. The van der Waals surface area contributed by atoms with Gasteiger partial charge in [0.25, 0.3) is 5.91 Å². The highest BCUT2D eigenvalue weighted by atomic mass is 16.2. The molecule has 0 spiro atoms. The topological polar surface area (TPSA) is 104 Å². The number of hydrogen-bond donors (Lipinski definition) is 3. The predicted octanol–water partition coefficient (Wildman–Crippen LogP) is -0.0198. The van der Waals surface area contributed by atoms with Crippen LogP contribution in [0, 0.1) is 5.92 Å². The Morgan fingerprint density at radius 3 is 2.74 bits per heavy atom. The van der Waals surface area contributed by atoms with E-state index in [2.05, 4.69) is 15.5 Å². The monoisotopic (exact) mass is 265 g/mol. The van der Waals surface area contributed by atoms with E-state index in [4.69, 9.17) is 5.73 Å². The predicted molar refractivity (Wildman–Crippen MR) is 70.3 cm³/mol. The molecule has 0 unspecified atom stereocenters. The van der Waals surface area contributed by atoms with Gasteiger partial charge in [0, 0.05) is 26.6 Å². The number of piperidine rings is 1. The number of aromatic nitrogens is 2. The lowest BCUT2D eigenvalue weighted by atomic mass is 9.96. The molecule has 0 aliphatic carbocycles. The Labute approximate surface area is 111 Å². The maximum atomic E-state index is 12.2. The van der Waals surface area contributed by atoms with Crippen LogP contribution in [0.15, 0.2) is 6.20 Å². The molecule has 7 nitrogen and oxygen atoms in total. The average Bonchev–Trinajstić information content (AvgIpc) is 2.82. The molecule has 0 saturated carbocycles. The summed E-state index contributed by atoms with van der Waals surface area (Å²) < 4.78 is 0. The number of hydrogen-bond acceptors (Lipinski definition) is 4. The average molecular weight is 265 g/mol. The molecule has 19 heavy (non-hydrogen) atoms. The quantitative estimate of drug-likeness (QED) is 0.714. The molecule has 0 bridgehead atoms. The van der Waals surface area contributed by atoms with E-state index in [1.165, 1.54) is 13.1 Å². The molecule has 1 aliphatic heterocycles. The molecule has 104 valence electrons. The SMILES string of the molecule is CC(=O)NCC1CCN(C(=O)c2[nH]ncc2N)CC1. The van der Waals surface area contributed by atoms with Crippen LogP contribution in [-0.2, 0) is 4.79 Å². The fourth-order valence-electron chi connectivity index (χ4n) is 2.25. The molecule has 2 amide bonds. The van der Waals surface area contributed by atoms with Crippen LogP contribution in [0.1, 0.15) is 30.3 Å². The lowest BCUT2D eigenvalue weighted by Gasteiger charge is -2.31. The third-order valence-corrected chi connectivity index (χ3v) is 3.42. The van der Waals surface area contributed by atoms with Crippen LogP contribution in [0.3, 0.4) is 0 Å². The van der Waals surface area contributed by atoms with E-state index in [-0.39, 0.29) is 11.8 Å². The van der Waals surface area contributed by atoms with Crippen molar-refractivity contribution in [2.45, 2.75) is 19.8 Å². The lowest BCUT2D eigenvalue weighted by Crippen LogP contribution is -2.41. The van der Waals surface area contributed by atoms with Gasteiger partial charge in [-0.3, -0.25) is 14.7 Å². The maximum Gasteiger partial charge on any atom is 0.274 e. The highest BCUT2D eigenvalue weighted by Gasteiger charge is 2.25. The number of aromatic amines is 1. The lowest BCUT2D eigenvalue weighted by molar-refractivity contribution is -0.119. The second kappa shape index (κ2) is 5.73. The van der Waals surface area contributed by atoms with Crippen molar-refractivity contribution < 1.29 is 9.59 Å². The molecule has 1 aromatic rings. The van der Waals surface area contributed by atoms with Gasteiger partial charge in [0.1, 0.15) is 5.69 Å². The van der Waals surface area contributed by atoms with Crippen LogP contribution >= 0.6 is 0 Å². The van der Waals surface area contributed by atoms with Gasteiger partial charge in [-0.05, 0) is 18.8 Å². The van der Waals surface area contributed by atoms with Crippen molar-refractivity contribution in [2.75, 3.05) is 25.4 Å². The number of carbonyl (C=O) groups is 2. The number of carbonyl (C=O) groups excluding carboxylic acids is 2. The fourth-order valence-corrected chi connectivity index (χ4v) is 2.25.